The van der Waals surface area contributed by atoms with Crippen molar-refractivity contribution in [2.24, 2.45) is 11.3 Å². The van der Waals surface area contributed by atoms with E-state index in [0.29, 0.717) is 50.4 Å². The average molecular weight is 1020 g/mol. The number of pyridine rings is 1. The number of likely N-dealkylation sites (N-methyl/N-ethyl adjacent to an activating group) is 2. The Kier molecular flexibility index (Phi) is 15.7. The van der Waals surface area contributed by atoms with Gasteiger partial charge in [-0.3, -0.25) is 29.2 Å². The molecule has 4 aliphatic rings. The van der Waals surface area contributed by atoms with Crippen molar-refractivity contribution in [2.75, 3.05) is 72.0 Å². The number of benzene rings is 2. The third-order valence-corrected chi connectivity index (χ3v) is 16.2. The number of anilines is 1. The number of piperazine rings is 1. The molecule has 3 aromatic heterocycles. The maximum absolute atomic E-state index is 14.8. The molecular formula is C56H73N9O7S. The summed E-state index contributed by atoms with van der Waals surface area (Å²) in [5.74, 6) is -2.06. The van der Waals surface area contributed by atoms with Crippen LogP contribution in [-0.4, -0.2) is 144 Å². The van der Waals surface area contributed by atoms with E-state index in [1.54, 1.807) is 14.2 Å². The molecule has 3 amide bonds. The number of fused-ring (bicyclic) bond motifs is 6. The van der Waals surface area contributed by atoms with Gasteiger partial charge >= 0.3 is 5.97 Å². The van der Waals surface area contributed by atoms with Crippen molar-refractivity contribution in [3.63, 3.8) is 0 Å². The molecule has 73 heavy (non-hydrogen) atoms. The van der Waals surface area contributed by atoms with Crippen LogP contribution in [0.15, 0.2) is 66.2 Å². The van der Waals surface area contributed by atoms with Gasteiger partial charge in [-0.25, -0.2) is 10.4 Å². The summed E-state index contributed by atoms with van der Waals surface area (Å²) in [6.45, 7) is 17.5. The Labute approximate surface area is 433 Å². The molecule has 6 atom stereocenters. The number of esters is 1. The highest BCUT2D eigenvalue weighted by atomic mass is 32.1. The van der Waals surface area contributed by atoms with E-state index in [4.69, 9.17) is 24.2 Å². The Morgan fingerprint density at radius 1 is 1.03 bits per heavy atom. The van der Waals surface area contributed by atoms with E-state index in [1.807, 2.05) is 62.7 Å². The van der Waals surface area contributed by atoms with E-state index >= 15 is 0 Å². The number of aryl methyl sites for hydroxylation is 1. The first-order valence-electron chi connectivity index (χ1n) is 26.1. The lowest BCUT2D eigenvalue weighted by Crippen LogP contribution is -2.62. The van der Waals surface area contributed by atoms with E-state index in [2.05, 4.69) is 77.2 Å². The second-order valence-electron chi connectivity index (χ2n) is 21.5. The second kappa shape index (κ2) is 22.0. The van der Waals surface area contributed by atoms with Crippen molar-refractivity contribution in [2.45, 2.75) is 116 Å². The van der Waals surface area contributed by atoms with Crippen LogP contribution >= 0.6 is 11.3 Å². The van der Waals surface area contributed by atoms with Gasteiger partial charge in [0.05, 0.1) is 46.7 Å². The SMILES string of the molecule is CCn1c(-c2cc(N3CCN(C)CC3)cnc2[C@H](C)OC)c2c3cc(ccc31)-c1csc(n1)C[C@H](NC(=O)[C@H](C(C)C)N(C)C(=O)C1OCC[C@@H]1c1ccccc1)C(=O)N1CCC[C@H](N1)C(=O)OCC(C)(C)C2. The molecule has 7 heterocycles. The molecule has 3 fully saturated rings. The topological polar surface area (TPSA) is 164 Å². The number of aromatic nitrogens is 3. The zero-order chi connectivity index (χ0) is 51.7. The summed E-state index contributed by atoms with van der Waals surface area (Å²) in [4.78, 5) is 74.5. The summed E-state index contributed by atoms with van der Waals surface area (Å²) in [5, 5.41) is 8.25. The number of cyclic esters (lactones) is 1. The lowest BCUT2D eigenvalue weighted by atomic mass is 9.84. The summed E-state index contributed by atoms with van der Waals surface area (Å²) < 4.78 is 20.6. The molecule has 16 nitrogen and oxygen atoms in total. The highest BCUT2D eigenvalue weighted by molar-refractivity contribution is 7.10. The molecule has 0 radical (unpaired) electrons. The first-order valence-corrected chi connectivity index (χ1v) is 27.0. The number of nitrogens with one attached hydrogen (secondary N) is 2. The predicted octanol–water partition coefficient (Wildman–Crippen LogP) is 7.01. The number of hydrogen-bond donors (Lipinski definition) is 2. The van der Waals surface area contributed by atoms with Crippen LogP contribution in [0.1, 0.15) is 94.7 Å². The molecule has 17 heteroatoms. The smallest absolute Gasteiger partial charge is 0.324 e. The summed E-state index contributed by atoms with van der Waals surface area (Å²) >= 11 is 1.43. The van der Waals surface area contributed by atoms with E-state index in [-0.39, 0.29) is 36.9 Å². The Balaban J connectivity index is 1.09. The molecule has 1 unspecified atom stereocenters. The first-order chi connectivity index (χ1) is 35.0. The van der Waals surface area contributed by atoms with Crippen LogP contribution in [0.4, 0.5) is 5.69 Å². The molecule has 2 aromatic carbocycles. The van der Waals surface area contributed by atoms with E-state index in [1.165, 1.54) is 21.2 Å². The fourth-order valence-electron chi connectivity index (χ4n) is 11.2. The summed E-state index contributed by atoms with van der Waals surface area (Å²) in [6.07, 6.45) is 3.32. The molecule has 0 spiro atoms. The Hall–Kier alpha value is -5.72. The van der Waals surface area contributed by atoms with Crippen LogP contribution in [0.25, 0.3) is 33.4 Å². The van der Waals surface area contributed by atoms with Crippen molar-refractivity contribution in [1.82, 2.24) is 40.1 Å². The zero-order valence-electron chi connectivity index (χ0n) is 44.0. The standard InChI is InChI=1S/C56H73N9O7S/c1-10-64-46-19-18-37-27-40(46)42(50(64)41-28-38(31-57-48(41)35(4)70-9)63-24-22-61(7)23-25-63)30-56(5,6)33-72-55(69)43-17-14-21-65(60-43)53(67)44(29-47-58-45(37)32-73-47)59-52(66)49(34(2)3)62(8)54(68)51-39(20-26-71-51)36-15-12-11-13-16-36/h11-13,15-16,18-19,27-28,31-32,34-35,39,43-44,49,51,60H,10,14,17,20-26,29-30,33H2,1-9H3,(H,59,66)/t35-,39+,43-,44-,49-,51?/m0/s1. The van der Waals surface area contributed by atoms with Gasteiger partial charge in [-0.15, -0.1) is 11.3 Å². The highest BCUT2D eigenvalue weighted by Gasteiger charge is 2.42. The lowest BCUT2D eigenvalue weighted by Gasteiger charge is -2.37. The van der Waals surface area contributed by atoms with Crippen LogP contribution < -0.4 is 15.6 Å². The molecule has 4 aliphatic heterocycles. The molecule has 0 aliphatic carbocycles. The number of methoxy groups -OCH3 is 1. The predicted molar refractivity (Wildman–Crippen MR) is 284 cm³/mol. The number of rotatable bonds is 11. The Morgan fingerprint density at radius 2 is 1.79 bits per heavy atom. The van der Waals surface area contributed by atoms with Gasteiger partial charge in [0.15, 0.2) is 0 Å². The van der Waals surface area contributed by atoms with Crippen LogP contribution in [0.5, 0.6) is 0 Å². The van der Waals surface area contributed by atoms with E-state index in [0.717, 1.165) is 82.1 Å². The van der Waals surface area contributed by atoms with Gasteiger partial charge in [0, 0.05) is 105 Å². The molecule has 2 N–H and O–H groups in total. The third-order valence-electron chi connectivity index (χ3n) is 15.3. The minimum Gasteiger partial charge on any atom is -0.464 e. The van der Waals surface area contributed by atoms with Gasteiger partial charge < -0.3 is 38.8 Å². The number of carbonyl (C=O) groups excluding carboxylic acids is 4. The van der Waals surface area contributed by atoms with E-state index < -0.39 is 47.4 Å². The lowest BCUT2D eigenvalue weighted by molar-refractivity contribution is -0.155. The van der Waals surface area contributed by atoms with Gasteiger partial charge in [0.25, 0.3) is 11.8 Å². The van der Waals surface area contributed by atoms with Crippen molar-refractivity contribution in [1.29, 1.82) is 0 Å². The molecule has 5 aromatic rings. The normalized spacial score (nSPS) is 22.8. The number of thiazole rings is 1. The van der Waals surface area contributed by atoms with Gasteiger partial charge in [-0.1, -0.05) is 64.1 Å². The van der Waals surface area contributed by atoms with Crippen molar-refractivity contribution in [3.05, 3.63) is 88.0 Å². The third kappa shape index (κ3) is 10.9. The largest absolute Gasteiger partial charge is 0.464 e. The number of hydrazine groups is 1. The summed E-state index contributed by atoms with van der Waals surface area (Å²) in [5.41, 5.74) is 11.5. The molecule has 9 rings (SSSR count). The minimum atomic E-state index is -1.08. The monoisotopic (exact) mass is 1020 g/mol. The number of ether oxygens (including phenoxy) is 3. The van der Waals surface area contributed by atoms with Crippen LogP contribution in [0, 0.1) is 11.3 Å². The summed E-state index contributed by atoms with van der Waals surface area (Å²) in [6, 6.07) is 15.8. The number of nitrogens with zero attached hydrogens (tertiary/aromatic N) is 7. The highest BCUT2D eigenvalue weighted by Crippen LogP contribution is 2.43. The average Bonchev–Trinajstić information content (AvgIpc) is 4.15. The molecule has 390 valence electrons. The number of amides is 3. The molecular weight excluding hydrogens is 943 g/mol. The van der Waals surface area contributed by atoms with Crippen LogP contribution in [-0.2, 0) is 52.8 Å². The minimum absolute atomic E-state index is 0.0853. The second-order valence-corrected chi connectivity index (χ2v) is 22.4. The maximum atomic E-state index is 14.8. The molecule has 0 saturated carbocycles. The van der Waals surface area contributed by atoms with Gasteiger partial charge in [-0.2, -0.15) is 0 Å². The van der Waals surface area contributed by atoms with Gasteiger partial charge in [0.1, 0.15) is 24.2 Å². The van der Waals surface area contributed by atoms with E-state index in [9.17, 15) is 19.2 Å². The fraction of sp³-hybridized carbons (Fsp3) is 0.536. The zero-order valence-corrected chi connectivity index (χ0v) is 44.8. The Bertz CT molecular complexity index is 2800. The maximum Gasteiger partial charge on any atom is 0.324 e. The molecule has 6 bridgehead atoms. The van der Waals surface area contributed by atoms with Gasteiger partial charge in [0.2, 0.25) is 5.91 Å². The first kappa shape index (κ1) is 52.2. The fourth-order valence-corrected chi connectivity index (χ4v) is 12.1. The quantitative estimate of drug-likeness (QED) is 0.130. The van der Waals surface area contributed by atoms with Crippen molar-refractivity contribution >= 4 is 51.6 Å². The summed E-state index contributed by atoms with van der Waals surface area (Å²) in [7, 11) is 5.52. The molecule has 3 saturated heterocycles. The van der Waals surface area contributed by atoms with Crippen molar-refractivity contribution in [3.8, 4) is 22.5 Å². The van der Waals surface area contributed by atoms with Crippen LogP contribution in [0.2, 0.25) is 0 Å². The number of carbonyl (C=O) groups is 4. The van der Waals surface area contributed by atoms with Crippen LogP contribution in [0.3, 0.4) is 0 Å². The van der Waals surface area contributed by atoms with Crippen molar-refractivity contribution < 1.29 is 33.4 Å². The number of hydrogen-bond acceptors (Lipinski definition) is 13. The Morgan fingerprint density at radius 3 is 2.52 bits per heavy atom. The van der Waals surface area contributed by atoms with Gasteiger partial charge in [-0.05, 0) is 81.8 Å².